The molecule has 27 heavy (non-hydrogen) atoms. The van der Waals surface area contributed by atoms with Gasteiger partial charge < -0.3 is 15.2 Å². The Balaban J connectivity index is 1.54. The maximum atomic E-state index is 12.0. The van der Waals surface area contributed by atoms with Gasteiger partial charge in [-0.25, -0.2) is 9.50 Å². The largest absolute Gasteiger partial charge is 0.388 e. The van der Waals surface area contributed by atoms with Crippen LogP contribution in [0.4, 0.5) is 0 Å². The molecule has 1 unspecified atom stereocenters. The van der Waals surface area contributed by atoms with Crippen LogP contribution in [-0.4, -0.2) is 76.0 Å². The summed E-state index contributed by atoms with van der Waals surface area (Å²) in [5.41, 5.74) is 1.50. The molecular formula is C19H27N5O3. The van der Waals surface area contributed by atoms with Gasteiger partial charge >= 0.3 is 0 Å². The lowest BCUT2D eigenvalue weighted by Gasteiger charge is -2.40. The number of hydrogen-bond donors (Lipinski definition) is 2. The molecule has 8 heteroatoms. The van der Waals surface area contributed by atoms with E-state index in [0.717, 1.165) is 31.6 Å². The van der Waals surface area contributed by atoms with Crippen molar-refractivity contribution < 1.29 is 14.6 Å². The predicted octanol–water partition coefficient (Wildman–Crippen LogP) is 0.810. The smallest absolute Gasteiger partial charge is 0.256 e. The third kappa shape index (κ3) is 3.69. The van der Waals surface area contributed by atoms with Crippen LogP contribution in [0.1, 0.15) is 47.7 Å². The molecule has 2 aliphatic heterocycles. The highest BCUT2D eigenvalue weighted by Gasteiger charge is 2.34. The molecule has 0 aromatic carbocycles. The maximum Gasteiger partial charge on any atom is 0.256 e. The van der Waals surface area contributed by atoms with Gasteiger partial charge in [0.1, 0.15) is 5.56 Å². The predicted molar refractivity (Wildman–Crippen MR) is 99.8 cm³/mol. The summed E-state index contributed by atoms with van der Waals surface area (Å²) in [5.74, 6) is 0.117. The van der Waals surface area contributed by atoms with Crippen LogP contribution in [0.5, 0.6) is 0 Å². The summed E-state index contributed by atoms with van der Waals surface area (Å²) in [5, 5.41) is 17.9. The zero-order valence-corrected chi connectivity index (χ0v) is 15.7. The van der Waals surface area contributed by atoms with Crippen LogP contribution < -0.4 is 5.32 Å². The minimum absolute atomic E-state index is 0.179. The first-order chi connectivity index (χ1) is 13.1. The van der Waals surface area contributed by atoms with Crippen LogP contribution in [0.3, 0.4) is 0 Å². The summed E-state index contributed by atoms with van der Waals surface area (Å²) in [6.07, 6.45) is 6.86. The quantitative estimate of drug-likeness (QED) is 0.824. The van der Waals surface area contributed by atoms with Gasteiger partial charge in [0.2, 0.25) is 0 Å². The normalized spacial score (nSPS) is 23.4. The topological polar surface area (TPSA) is 92.0 Å². The SMILES string of the molecule is CNC(=O)c1cnn2c(C3CCCN(CC4(O)CCOCC4)C3)ccnc12. The summed E-state index contributed by atoms with van der Waals surface area (Å²) in [6.45, 7) is 3.82. The van der Waals surface area contributed by atoms with Gasteiger partial charge in [-0.3, -0.25) is 9.69 Å². The van der Waals surface area contributed by atoms with E-state index in [-0.39, 0.29) is 5.91 Å². The van der Waals surface area contributed by atoms with E-state index in [9.17, 15) is 9.90 Å². The lowest BCUT2D eigenvalue weighted by molar-refractivity contribution is -0.0824. The molecule has 0 radical (unpaired) electrons. The van der Waals surface area contributed by atoms with Gasteiger partial charge in [0, 0.05) is 58.3 Å². The molecule has 0 aliphatic carbocycles. The molecule has 2 aromatic rings. The molecule has 8 nitrogen and oxygen atoms in total. The van der Waals surface area contributed by atoms with Crippen molar-refractivity contribution in [1.29, 1.82) is 0 Å². The Morgan fingerprint density at radius 2 is 2.26 bits per heavy atom. The number of aliphatic hydroxyl groups is 1. The second-order valence-electron chi connectivity index (χ2n) is 7.65. The average molecular weight is 373 g/mol. The molecule has 2 N–H and O–H groups in total. The Hall–Kier alpha value is -2.03. The number of amides is 1. The van der Waals surface area contributed by atoms with E-state index >= 15 is 0 Å². The van der Waals surface area contributed by atoms with Crippen molar-refractivity contribution in [2.75, 3.05) is 39.9 Å². The number of ether oxygens (including phenoxy) is 1. The Morgan fingerprint density at radius 3 is 3.04 bits per heavy atom. The van der Waals surface area contributed by atoms with Crippen LogP contribution >= 0.6 is 0 Å². The van der Waals surface area contributed by atoms with Gasteiger partial charge in [-0.15, -0.1) is 0 Å². The first-order valence-corrected chi connectivity index (χ1v) is 9.67. The van der Waals surface area contributed by atoms with Crippen LogP contribution in [0.25, 0.3) is 5.65 Å². The summed E-state index contributed by atoms with van der Waals surface area (Å²) in [4.78, 5) is 18.8. The molecule has 4 rings (SSSR count). The summed E-state index contributed by atoms with van der Waals surface area (Å²) >= 11 is 0. The fourth-order valence-corrected chi connectivity index (χ4v) is 4.28. The van der Waals surface area contributed by atoms with Gasteiger partial charge in [0.05, 0.1) is 17.5 Å². The van der Waals surface area contributed by atoms with E-state index in [1.54, 1.807) is 24.0 Å². The highest BCUT2D eigenvalue weighted by molar-refractivity contribution is 5.99. The fraction of sp³-hybridized carbons (Fsp3) is 0.632. The lowest BCUT2D eigenvalue weighted by atomic mass is 9.90. The number of carbonyl (C=O) groups excluding carboxylic acids is 1. The lowest BCUT2D eigenvalue weighted by Crippen LogP contribution is -2.49. The Morgan fingerprint density at radius 1 is 1.44 bits per heavy atom. The van der Waals surface area contributed by atoms with Crippen LogP contribution in [0.15, 0.2) is 18.5 Å². The van der Waals surface area contributed by atoms with E-state index in [1.165, 1.54) is 0 Å². The van der Waals surface area contributed by atoms with Crippen LogP contribution in [0, 0.1) is 0 Å². The van der Waals surface area contributed by atoms with Crippen molar-refractivity contribution in [3.8, 4) is 0 Å². The number of fused-ring (bicyclic) bond motifs is 1. The standard InChI is InChI=1S/C19H27N5O3/c1-20-18(25)15-11-22-24-16(4-7-21-17(15)24)14-3-2-8-23(12-14)13-19(26)5-9-27-10-6-19/h4,7,11,14,26H,2-3,5-6,8-10,12-13H2,1H3,(H,20,25). The van der Waals surface area contributed by atoms with Gasteiger partial charge in [-0.1, -0.05) is 0 Å². The van der Waals surface area contributed by atoms with Crippen molar-refractivity contribution in [3.05, 3.63) is 29.7 Å². The molecule has 146 valence electrons. The van der Waals surface area contributed by atoms with Crippen molar-refractivity contribution in [1.82, 2.24) is 24.8 Å². The zero-order chi connectivity index (χ0) is 18.9. The average Bonchev–Trinajstić information content (AvgIpc) is 3.12. The highest BCUT2D eigenvalue weighted by Crippen LogP contribution is 2.30. The molecule has 0 saturated carbocycles. The molecule has 0 spiro atoms. The van der Waals surface area contributed by atoms with E-state index in [2.05, 4.69) is 20.3 Å². The molecule has 2 saturated heterocycles. The third-order valence-corrected chi connectivity index (χ3v) is 5.77. The number of β-amino-alcohol motifs (C(OH)–C–C–N with tert-alkyl or cyclic N) is 1. The van der Waals surface area contributed by atoms with Crippen molar-refractivity contribution in [2.45, 2.75) is 37.2 Å². The maximum absolute atomic E-state index is 12.0. The monoisotopic (exact) mass is 373 g/mol. The van der Waals surface area contributed by atoms with Crippen molar-refractivity contribution in [2.24, 2.45) is 0 Å². The Bertz CT molecular complexity index is 815. The van der Waals surface area contributed by atoms with Crippen molar-refractivity contribution >= 4 is 11.6 Å². The number of hydrogen-bond acceptors (Lipinski definition) is 6. The summed E-state index contributed by atoms with van der Waals surface area (Å²) in [7, 11) is 1.61. The van der Waals surface area contributed by atoms with Gasteiger partial charge in [-0.05, 0) is 25.5 Å². The molecular weight excluding hydrogens is 346 g/mol. The van der Waals surface area contributed by atoms with E-state index < -0.39 is 5.60 Å². The summed E-state index contributed by atoms with van der Waals surface area (Å²) in [6, 6.07) is 1.99. The van der Waals surface area contributed by atoms with E-state index in [4.69, 9.17) is 4.74 Å². The molecule has 1 atom stereocenters. The van der Waals surface area contributed by atoms with Gasteiger partial charge in [0.15, 0.2) is 5.65 Å². The first-order valence-electron chi connectivity index (χ1n) is 9.67. The number of nitrogens with one attached hydrogen (secondary N) is 1. The minimum atomic E-state index is -0.647. The number of nitrogens with zero attached hydrogens (tertiary/aromatic N) is 4. The number of piperidine rings is 1. The van der Waals surface area contributed by atoms with Gasteiger partial charge in [-0.2, -0.15) is 5.10 Å². The van der Waals surface area contributed by atoms with Crippen LogP contribution in [0.2, 0.25) is 0 Å². The molecule has 4 heterocycles. The molecule has 0 bridgehead atoms. The third-order valence-electron chi connectivity index (χ3n) is 5.77. The Kier molecular flexibility index (Phi) is 5.12. The molecule has 2 aromatic heterocycles. The second-order valence-corrected chi connectivity index (χ2v) is 7.65. The van der Waals surface area contributed by atoms with Gasteiger partial charge in [0.25, 0.3) is 5.91 Å². The molecule has 1 amide bonds. The van der Waals surface area contributed by atoms with E-state index in [0.29, 0.717) is 49.7 Å². The minimum Gasteiger partial charge on any atom is -0.388 e. The first kappa shape index (κ1) is 18.3. The fourth-order valence-electron chi connectivity index (χ4n) is 4.28. The van der Waals surface area contributed by atoms with Crippen molar-refractivity contribution in [3.63, 3.8) is 0 Å². The number of aromatic nitrogens is 3. The number of carbonyl (C=O) groups is 1. The van der Waals surface area contributed by atoms with E-state index in [1.807, 2.05) is 6.07 Å². The molecule has 2 aliphatic rings. The highest BCUT2D eigenvalue weighted by atomic mass is 16.5. The summed E-state index contributed by atoms with van der Waals surface area (Å²) < 4.78 is 7.19. The van der Waals surface area contributed by atoms with Crippen LogP contribution in [-0.2, 0) is 4.74 Å². The number of rotatable bonds is 4. The second kappa shape index (κ2) is 7.53. The molecule has 2 fully saturated rings. The number of likely N-dealkylation sites (tertiary alicyclic amines) is 1. The Labute approximate surface area is 158 Å². The zero-order valence-electron chi connectivity index (χ0n) is 15.7.